The van der Waals surface area contributed by atoms with Crippen LogP contribution in [0.3, 0.4) is 0 Å². The Kier molecular flexibility index (Phi) is 4.52. The van der Waals surface area contributed by atoms with Gasteiger partial charge in [-0.15, -0.1) is 0 Å². The van der Waals surface area contributed by atoms with Crippen LogP contribution in [-0.4, -0.2) is 5.78 Å². The number of carbonyl (C=O) groups excluding carboxylic acids is 1. The normalized spacial score (nSPS) is 15.1. The van der Waals surface area contributed by atoms with E-state index in [0.717, 1.165) is 6.42 Å². The quantitative estimate of drug-likeness (QED) is 0.621. The Bertz CT molecular complexity index is 169. The van der Waals surface area contributed by atoms with Crippen molar-refractivity contribution in [1.29, 1.82) is 5.26 Å². The van der Waals surface area contributed by atoms with E-state index in [1.54, 1.807) is 6.92 Å². The van der Waals surface area contributed by atoms with Crippen molar-refractivity contribution in [3.05, 3.63) is 0 Å². The smallest absolute Gasteiger partial charge is 0.149 e. The fraction of sp³-hybridized carbons (Fsp3) is 0.778. The highest BCUT2D eigenvalue weighted by Crippen LogP contribution is 2.10. The molecule has 0 rings (SSSR count). The number of rotatable bonds is 4. The van der Waals surface area contributed by atoms with Gasteiger partial charge in [-0.1, -0.05) is 20.3 Å². The summed E-state index contributed by atoms with van der Waals surface area (Å²) in [4.78, 5) is 11.1. The van der Waals surface area contributed by atoms with Gasteiger partial charge in [0.1, 0.15) is 11.7 Å². The van der Waals surface area contributed by atoms with Gasteiger partial charge in [0.05, 0.1) is 6.07 Å². The summed E-state index contributed by atoms with van der Waals surface area (Å²) in [7, 11) is 0. The fourth-order valence-electron chi connectivity index (χ4n) is 0.737. The van der Waals surface area contributed by atoms with Gasteiger partial charge >= 0.3 is 0 Å². The van der Waals surface area contributed by atoms with Gasteiger partial charge in [0.15, 0.2) is 0 Å². The van der Waals surface area contributed by atoms with Crippen LogP contribution in [0, 0.1) is 23.2 Å². The minimum Gasteiger partial charge on any atom is -0.298 e. The van der Waals surface area contributed by atoms with Crippen LogP contribution in [0.2, 0.25) is 0 Å². The van der Waals surface area contributed by atoms with Crippen molar-refractivity contribution in [2.45, 2.75) is 33.6 Å². The van der Waals surface area contributed by atoms with Crippen molar-refractivity contribution in [2.24, 2.45) is 11.8 Å². The van der Waals surface area contributed by atoms with E-state index in [4.69, 9.17) is 5.26 Å². The Morgan fingerprint density at radius 1 is 1.55 bits per heavy atom. The summed E-state index contributed by atoms with van der Waals surface area (Å²) in [6.07, 6.45) is 1.55. The minimum absolute atomic E-state index is 0.0712. The molecule has 0 heterocycles. The molecule has 0 N–H and O–H groups in total. The Balaban J connectivity index is 3.80. The zero-order valence-electron chi connectivity index (χ0n) is 7.42. The molecule has 0 aromatic carbocycles. The number of carbonyl (C=O) groups is 1. The summed E-state index contributed by atoms with van der Waals surface area (Å²) >= 11 is 0. The molecule has 0 aliphatic carbocycles. The molecule has 0 fully saturated rings. The highest BCUT2D eigenvalue weighted by molar-refractivity contribution is 5.82. The third-order valence-corrected chi connectivity index (χ3v) is 1.92. The SMILES string of the molecule is CCC(C)CC(=O)C(C)C#N. The molecule has 0 aromatic rings. The zero-order valence-corrected chi connectivity index (χ0v) is 7.42. The highest BCUT2D eigenvalue weighted by Gasteiger charge is 2.13. The third-order valence-electron chi connectivity index (χ3n) is 1.92. The Hall–Kier alpha value is -0.840. The van der Waals surface area contributed by atoms with Gasteiger partial charge in [0, 0.05) is 6.42 Å². The average molecular weight is 153 g/mol. The molecule has 0 spiro atoms. The maximum atomic E-state index is 11.1. The molecular weight excluding hydrogens is 138 g/mol. The number of nitriles is 1. The molecule has 0 aromatic heterocycles. The molecule has 0 aliphatic heterocycles. The second kappa shape index (κ2) is 4.90. The van der Waals surface area contributed by atoms with Crippen LogP contribution in [-0.2, 0) is 4.79 Å². The lowest BCUT2D eigenvalue weighted by atomic mass is 9.96. The summed E-state index contributed by atoms with van der Waals surface area (Å²) in [5.74, 6) is 0.0594. The van der Waals surface area contributed by atoms with Gasteiger partial charge in [0.25, 0.3) is 0 Å². The van der Waals surface area contributed by atoms with E-state index in [0.29, 0.717) is 12.3 Å². The van der Waals surface area contributed by atoms with Crippen LogP contribution in [0.1, 0.15) is 33.6 Å². The van der Waals surface area contributed by atoms with Gasteiger partial charge in [-0.2, -0.15) is 5.26 Å². The van der Waals surface area contributed by atoms with E-state index < -0.39 is 5.92 Å². The van der Waals surface area contributed by atoms with Gasteiger partial charge in [-0.25, -0.2) is 0 Å². The molecule has 62 valence electrons. The van der Waals surface area contributed by atoms with Crippen molar-refractivity contribution in [1.82, 2.24) is 0 Å². The number of hydrogen-bond donors (Lipinski definition) is 0. The first-order valence-corrected chi connectivity index (χ1v) is 4.04. The largest absolute Gasteiger partial charge is 0.298 e. The summed E-state index contributed by atoms with van der Waals surface area (Å²) < 4.78 is 0. The maximum absolute atomic E-state index is 11.1. The molecule has 0 saturated heterocycles. The standard InChI is InChI=1S/C9H15NO/c1-4-7(2)5-9(11)8(3)6-10/h7-8H,4-5H2,1-3H3. The lowest BCUT2D eigenvalue weighted by Crippen LogP contribution is -2.12. The molecule has 11 heavy (non-hydrogen) atoms. The minimum atomic E-state index is -0.427. The Morgan fingerprint density at radius 3 is 2.45 bits per heavy atom. The van der Waals surface area contributed by atoms with Gasteiger partial charge < -0.3 is 0 Å². The summed E-state index contributed by atoms with van der Waals surface area (Å²) in [6.45, 7) is 5.74. The topological polar surface area (TPSA) is 40.9 Å². The van der Waals surface area contributed by atoms with Crippen molar-refractivity contribution < 1.29 is 4.79 Å². The molecule has 0 aliphatic rings. The lowest BCUT2D eigenvalue weighted by Gasteiger charge is -2.07. The predicted molar refractivity (Wildman–Crippen MR) is 43.9 cm³/mol. The number of hydrogen-bond acceptors (Lipinski definition) is 2. The third kappa shape index (κ3) is 3.77. The van der Waals surface area contributed by atoms with Crippen molar-refractivity contribution in [2.75, 3.05) is 0 Å². The second-order valence-corrected chi connectivity index (χ2v) is 3.03. The predicted octanol–water partition coefficient (Wildman–Crippen LogP) is 2.15. The number of Topliss-reactive ketones (excluding diaryl/α,β-unsaturated/α-hetero) is 1. The second-order valence-electron chi connectivity index (χ2n) is 3.03. The molecule has 0 bridgehead atoms. The lowest BCUT2D eigenvalue weighted by molar-refractivity contribution is -0.121. The Labute approximate surface area is 68.2 Å². The van der Waals surface area contributed by atoms with E-state index in [1.165, 1.54) is 0 Å². The molecular formula is C9H15NO. The van der Waals surface area contributed by atoms with Crippen molar-refractivity contribution >= 4 is 5.78 Å². The van der Waals surface area contributed by atoms with Crippen LogP contribution in [0.5, 0.6) is 0 Å². The van der Waals surface area contributed by atoms with Crippen LogP contribution < -0.4 is 0 Å². The van der Waals surface area contributed by atoms with E-state index in [1.807, 2.05) is 13.0 Å². The fourth-order valence-corrected chi connectivity index (χ4v) is 0.737. The van der Waals surface area contributed by atoms with E-state index in [9.17, 15) is 4.79 Å². The molecule has 2 heteroatoms. The summed E-state index contributed by atoms with van der Waals surface area (Å²) in [5, 5.41) is 8.42. The van der Waals surface area contributed by atoms with Crippen LogP contribution in [0.4, 0.5) is 0 Å². The molecule has 2 unspecified atom stereocenters. The maximum Gasteiger partial charge on any atom is 0.149 e. The van der Waals surface area contributed by atoms with Crippen LogP contribution in [0.25, 0.3) is 0 Å². The van der Waals surface area contributed by atoms with Gasteiger partial charge in [-0.05, 0) is 12.8 Å². The first kappa shape index (κ1) is 10.2. The Morgan fingerprint density at radius 2 is 2.09 bits per heavy atom. The van der Waals surface area contributed by atoms with E-state index >= 15 is 0 Å². The summed E-state index contributed by atoms with van der Waals surface area (Å²) in [5.41, 5.74) is 0. The first-order valence-electron chi connectivity index (χ1n) is 4.04. The van der Waals surface area contributed by atoms with Crippen molar-refractivity contribution in [3.8, 4) is 6.07 Å². The number of ketones is 1. The van der Waals surface area contributed by atoms with E-state index in [2.05, 4.69) is 6.92 Å². The first-order chi connectivity index (χ1) is 5.11. The van der Waals surface area contributed by atoms with Gasteiger partial charge in [-0.3, -0.25) is 4.79 Å². The van der Waals surface area contributed by atoms with Gasteiger partial charge in [0.2, 0.25) is 0 Å². The molecule has 0 amide bonds. The highest BCUT2D eigenvalue weighted by atomic mass is 16.1. The molecule has 2 atom stereocenters. The molecule has 2 nitrogen and oxygen atoms in total. The van der Waals surface area contributed by atoms with Crippen LogP contribution in [0.15, 0.2) is 0 Å². The van der Waals surface area contributed by atoms with Crippen molar-refractivity contribution in [3.63, 3.8) is 0 Å². The van der Waals surface area contributed by atoms with E-state index in [-0.39, 0.29) is 5.78 Å². The zero-order chi connectivity index (χ0) is 8.85. The van der Waals surface area contributed by atoms with Crippen LogP contribution >= 0.6 is 0 Å². The molecule has 0 radical (unpaired) electrons. The monoisotopic (exact) mass is 153 g/mol. The average Bonchev–Trinajstić information content (AvgIpc) is 2.02. The number of nitrogens with zero attached hydrogens (tertiary/aromatic N) is 1. The molecule has 0 saturated carbocycles. The summed E-state index contributed by atoms with van der Waals surface area (Å²) in [6, 6.07) is 1.94.